The molecule has 2 aromatic carbocycles. The van der Waals surface area contributed by atoms with Crippen molar-refractivity contribution in [3.05, 3.63) is 54.1 Å². The first-order valence-corrected chi connectivity index (χ1v) is 10.9. The summed E-state index contributed by atoms with van der Waals surface area (Å²) in [5, 5.41) is 2.83. The average molecular weight is 420 g/mol. The third kappa shape index (κ3) is 5.79. The number of quaternary nitrogens is 1. The zero-order valence-corrected chi connectivity index (χ0v) is 18.7. The van der Waals surface area contributed by atoms with Gasteiger partial charge in [0, 0.05) is 45.1 Å². The Bertz CT molecular complexity index is 941. The maximum Gasteiger partial charge on any atom is 0.282 e. The molecule has 2 N–H and O–H groups in total. The van der Waals surface area contributed by atoms with Gasteiger partial charge < -0.3 is 15.1 Å². The van der Waals surface area contributed by atoms with Gasteiger partial charge in [-0.3, -0.25) is 4.79 Å². The molecular weight excluding hydrogens is 388 g/mol. The Morgan fingerprint density at radius 1 is 1.07 bits per heavy atom. The van der Waals surface area contributed by atoms with Crippen LogP contribution in [0.4, 0.5) is 11.4 Å². The van der Waals surface area contributed by atoms with E-state index in [1.165, 1.54) is 26.2 Å². The van der Waals surface area contributed by atoms with Crippen LogP contribution in [-0.4, -0.2) is 59.9 Å². The highest BCUT2D eigenvalue weighted by atomic mass is 32.2. The zero-order chi connectivity index (χ0) is 21.8. The topological polar surface area (TPSA) is 74.2 Å². The van der Waals surface area contributed by atoms with E-state index >= 15 is 0 Å². The summed E-state index contributed by atoms with van der Waals surface area (Å²) in [6.07, 6.45) is 0. The van der Waals surface area contributed by atoms with Crippen molar-refractivity contribution in [2.75, 3.05) is 45.5 Å². The highest BCUT2D eigenvalue weighted by Crippen LogP contribution is 2.18. The molecule has 0 fully saturated rings. The molecule has 0 saturated heterocycles. The summed E-state index contributed by atoms with van der Waals surface area (Å²) in [5.74, 6) is -0.160. The lowest BCUT2D eigenvalue weighted by Gasteiger charge is -2.22. The van der Waals surface area contributed by atoms with E-state index in [1.807, 2.05) is 33.0 Å². The second kappa shape index (κ2) is 9.39. The van der Waals surface area contributed by atoms with Crippen molar-refractivity contribution in [1.29, 1.82) is 0 Å². The monoisotopic (exact) mass is 419 g/mol. The van der Waals surface area contributed by atoms with Crippen molar-refractivity contribution in [3.8, 4) is 0 Å². The second-order valence-corrected chi connectivity index (χ2v) is 9.76. The minimum atomic E-state index is -3.55. The predicted molar refractivity (Wildman–Crippen MR) is 117 cm³/mol. The van der Waals surface area contributed by atoms with Crippen LogP contribution in [0.1, 0.15) is 12.5 Å². The second-order valence-electron chi connectivity index (χ2n) is 7.61. The number of carbonyl (C=O) groups excluding carboxylic acids is 1. The van der Waals surface area contributed by atoms with Crippen molar-refractivity contribution < 1.29 is 18.1 Å². The van der Waals surface area contributed by atoms with Crippen LogP contribution in [0, 0.1) is 0 Å². The highest BCUT2D eigenvalue weighted by molar-refractivity contribution is 7.89. The number of hydrogen-bond acceptors (Lipinski definition) is 4. The number of sulfonamides is 1. The van der Waals surface area contributed by atoms with Gasteiger partial charge in [0.05, 0.1) is 11.9 Å². The van der Waals surface area contributed by atoms with Crippen molar-refractivity contribution >= 4 is 27.3 Å². The van der Waals surface area contributed by atoms with Crippen LogP contribution in [0.15, 0.2) is 53.4 Å². The molecule has 8 heteroatoms. The number of nitrogens with zero attached hydrogens (tertiary/aromatic N) is 2. The van der Waals surface area contributed by atoms with E-state index in [9.17, 15) is 13.2 Å². The minimum absolute atomic E-state index is 0.148. The van der Waals surface area contributed by atoms with Gasteiger partial charge in [0.2, 0.25) is 10.0 Å². The molecule has 0 radical (unpaired) electrons. The molecule has 7 nitrogen and oxygen atoms in total. The first kappa shape index (κ1) is 22.9. The third-order valence-corrected chi connectivity index (χ3v) is 6.76. The average Bonchev–Trinajstić information content (AvgIpc) is 2.67. The molecule has 0 aliphatic carbocycles. The van der Waals surface area contributed by atoms with Crippen molar-refractivity contribution in [2.45, 2.75) is 24.4 Å². The third-order valence-electron chi connectivity index (χ3n) is 4.95. The normalized spacial score (nSPS) is 13.8. The maximum absolute atomic E-state index is 12.7. The summed E-state index contributed by atoms with van der Waals surface area (Å²) in [7, 11) is 5.37. The number of anilines is 2. The Hall–Kier alpha value is -2.42. The zero-order valence-electron chi connectivity index (χ0n) is 17.9. The van der Waals surface area contributed by atoms with Crippen LogP contribution in [0.3, 0.4) is 0 Å². The van der Waals surface area contributed by atoms with Gasteiger partial charge in [0.1, 0.15) is 6.54 Å². The van der Waals surface area contributed by atoms with Crippen LogP contribution in [0.5, 0.6) is 0 Å². The first-order chi connectivity index (χ1) is 13.5. The van der Waals surface area contributed by atoms with E-state index in [2.05, 4.69) is 29.6 Å². The number of likely N-dealkylation sites (N-methyl/N-ethyl adjacent to an activating group) is 1. The molecule has 0 aliphatic rings. The van der Waals surface area contributed by atoms with E-state index in [0.717, 1.165) is 20.5 Å². The van der Waals surface area contributed by atoms with Crippen LogP contribution < -0.4 is 15.1 Å². The number of rotatable bonds is 8. The number of benzene rings is 2. The Labute approximate surface area is 174 Å². The highest BCUT2D eigenvalue weighted by Gasteiger charge is 2.23. The predicted octanol–water partition coefficient (Wildman–Crippen LogP) is 1.04. The molecular formula is C21H31N4O3S+. The van der Waals surface area contributed by atoms with E-state index in [-0.39, 0.29) is 16.8 Å². The standard InChI is InChI=1S/C21H30N4O3S/c1-16(25(6)15-17-10-12-19(13-11-17)23(2)3)21(26)22-18-8-7-9-20(14-18)29(27,28)24(4)5/h7-14,16H,15H2,1-6H3,(H,22,26)/p+1/t16-/m0/s1. The van der Waals surface area contributed by atoms with E-state index in [0.29, 0.717) is 12.2 Å². The van der Waals surface area contributed by atoms with Gasteiger partial charge in [-0.25, -0.2) is 12.7 Å². The molecule has 0 bridgehead atoms. The Morgan fingerprint density at radius 3 is 2.24 bits per heavy atom. The SMILES string of the molecule is C[C@@H](C(=O)Nc1cccc(S(=O)(=O)N(C)C)c1)[NH+](C)Cc1ccc(N(C)C)cc1. The Morgan fingerprint density at radius 2 is 1.69 bits per heavy atom. The molecule has 2 aromatic rings. The lowest BCUT2D eigenvalue weighted by molar-refractivity contribution is -0.907. The van der Waals surface area contributed by atoms with Gasteiger partial charge in [0.15, 0.2) is 6.04 Å². The van der Waals surface area contributed by atoms with E-state index in [4.69, 9.17) is 0 Å². The summed E-state index contributed by atoms with van der Waals surface area (Å²) in [6, 6.07) is 14.3. The summed E-state index contributed by atoms with van der Waals surface area (Å²) in [5.41, 5.74) is 2.74. The summed E-state index contributed by atoms with van der Waals surface area (Å²) in [6.45, 7) is 2.57. The number of carbonyl (C=O) groups is 1. The Balaban J connectivity index is 2.05. The lowest BCUT2D eigenvalue weighted by atomic mass is 10.1. The molecule has 1 unspecified atom stereocenters. The largest absolute Gasteiger partial charge is 0.378 e. The van der Waals surface area contributed by atoms with Crippen LogP contribution in [-0.2, 0) is 21.4 Å². The fourth-order valence-corrected chi connectivity index (χ4v) is 3.75. The van der Waals surface area contributed by atoms with Gasteiger partial charge in [-0.05, 0) is 37.3 Å². The number of hydrogen-bond donors (Lipinski definition) is 2. The lowest BCUT2D eigenvalue weighted by Crippen LogP contribution is -3.12. The van der Waals surface area contributed by atoms with Gasteiger partial charge in [-0.1, -0.05) is 18.2 Å². The molecule has 0 heterocycles. The molecule has 2 rings (SSSR count). The van der Waals surface area contributed by atoms with Crippen LogP contribution in [0.25, 0.3) is 0 Å². The number of nitrogens with one attached hydrogen (secondary N) is 2. The fourth-order valence-electron chi connectivity index (χ4n) is 2.81. The van der Waals surface area contributed by atoms with E-state index < -0.39 is 10.0 Å². The fraction of sp³-hybridized carbons (Fsp3) is 0.381. The molecule has 0 spiro atoms. The van der Waals surface area contributed by atoms with Gasteiger partial charge in [0.25, 0.3) is 5.91 Å². The first-order valence-electron chi connectivity index (χ1n) is 9.44. The summed E-state index contributed by atoms with van der Waals surface area (Å²) in [4.78, 5) is 15.9. The van der Waals surface area contributed by atoms with Crippen molar-refractivity contribution in [1.82, 2.24) is 4.31 Å². The quantitative estimate of drug-likeness (QED) is 0.671. The van der Waals surface area contributed by atoms with Crippen LogP contribution >= 0.6 is 0 Å². The maximum atomic E-state index is 12.7. The molecule has 1 amide bonds. The van der Waals surface area contributed by atoms with Gasteiger partial charge >= 0.3 is 0 Å². The van der Waals surface area contributed by atoms with E-state index in [1.54, 1.807) is 12.1 Å². The van der Waals surface area contributed by atoms with Crippen molar-refractivity contribution in [2.24, 2.45) is 0 Å². The molecule has 0 aliphatic heterocycles. The summed E-state index contributed by atoms with van der Waals surface area (Å²) >= 11 is 0. The van der Waals surface area contributed by atoms with Crippen LogP contribution in [0.2, 0.25) is 0 Å². The van der Waals surface area contributed by atoms with Gasteiger partial charge in [-0.15, -0.1) is 0 Å². The Kier molecular flexibility index (Phi) is 7.40. The molecule has 158 valence electrons. The molecule has 0 saturated carbocycles. The summed E-state index contributed by atoms with van der Waals surface area (Å²) < 4.78 is 25.7. The number of amides is 1. The molecule has 29 heavy (non-hydrogen) atoms. The van der Waals surface area contributed by atoms with Gasteiger partial charge in [-0.2, -0.15) is 0 Å². The van der Waals surface area contributed by atoms with Crippen molar-refractivity contribution in [3.63, 3.8) is 0 Å². The minimum Gasteiger partial charge on any atom is -0.378 e. The molecule has 2 atom stereocenters. The molecule has 0 aromatic heterocycles. The smallest absolute Gasteiger partial charge is 0.282 e.